The lowest BCUT2D eigenvalue weighted by Gasteiger charge is -2.13. The van der Waals surface area contributed by atoms with E-state index < -0.39 is 0 Å². The van der Waals surface area contributed by atoms with E-state index in [-0.39, 0.29) is 12.5 Å². The van der Waals surface area contributed by atoms with Crippen LogP contribution in [-0.4, -0.2) is 17.6 Å². The van der Waals surface area contributed by atoms with Gasteiger partial charge in [0.2, 0.25) is 5.91 Å². The number of fused-ring (bicyclic) bond motifs is 1. The summed E-state index contributed by atoms with van der Waals surface area (Å²) >= 11 is 0. The lowest BCUT2D eigenvalue weighted by atomic mass is 10.1. The van der Waals surface area contributed by atoms with E-state index in [0.29, 0.717) is 0 Å². The van der Waals surface area contributed by atoms with Crippen LogP contribution in [0.3, 0.4) is 0 Å². The molecule has 4 nitrogen and oxygen atoms in total. The molecule has 0 radical (unpaired) electrons. The zero-order valence-electron chi connectivity index (χ0n) is 14.5. The van der Waals surface area contributed by atoms with Crippen molar-refractivity contribution >= 4 is 22.5 Å². The molecule has 3 rings (SSSR count). The van der Waals surface area contributed by atoms with Crippen LogP contribution in [0.25, 0.3) is 10.9 Å². The summed E-state index contributed by atoms with van der Waals surface area (Å²) in [4.78, 5) is 12.5. The van der Waals surface area contributed by atoms with Crippen molar-refractivity contribution in [1.29, 1.82) is 0 Å². The molecule has 0 aliphatic carbocycles. The number of nitrogens with one attached hydrogen (secondary N) is 1. The van der Waals surface area contributed by atoms with E-state index in [0.717, 1.165) is 33.5 Å². The molecular formula is C20H22N2O2. The third kappa shape index (κ3) is 3.13. The van der Waals surface area contributed by atoms with Crippen molar-refractivity contribution in [3.05, 3.63) is 59.3 Å². The zero-order chi connectivity index (χ0) is 17.3. The van der Waals surface area contributed by atoms with Gasteiger partial charge in [0.25, 0.3) is 0 Å². The maximum absolute atomic E-state index is 12.5. The second-order valence-corrected chi connectivity index (χ2v) is 6.19. The Morgan fingerprint density at radius 1 is 1.08 bits per heavy atom. The average Bonchev–Trinajstić information content (AvgIpc) is 2.93. The Hall–Kier alpha value is -2.75. The molecule has 124 valence electrons. The largest absolute Gasteiger partial charge is 0.497 e. The van der Waals surface area contributed by atoms with E-state index in [1.165, 1.54) is 5.56 Å². The Morgan fingerprint density at radius 3 is 2.46 bits per heavy atom. The van der Waals surface area contributed by atoms with Crippen molar-refractivity contribution < 1.29 is 9.53 Å². The van der Waals surface area contributed by atoms with Crippen LogP contribution in [0.15, 0.2) is 42.6 Å². The predicted octanol–water partition coefficient (Wildman–Crippen LogP) is 4.21. The van der Waals surface area contributed by atoms with Crippen LogP contribution in [0, 0.1) is 20.8 Å². The molecule has 0 bridgehead atoms. The lowest BCUT2D eigenvalue weighted by molar-refractivity contribution is -0.116. The molecule has 1 aromatic heterocycles. The van der Waals surface area contributed by atoms with E-state index in [1.54, 1.807) is 7.11 Å². The lowest BCUT2D eigenvalue weighted by Crippen LogP contribution is -2.19. The monoisotopic (exact) mass is 322 g/mol. The average molecular weight is 322 g/mol. The molecule has 0 saturated heterocycles. The van der Waals surface area contributed by atoms with Crippen LogP contribution in [-0.2, 0) is 11.3 Å². The van der Waals surface area contributed by atoms with Crippen LogP contribution in [0.5, 0.6) is 5.75 Å². The second kappa shape index (κ2) is 6.40. The normalized spacial score (nSPS) is 10.8. The molecule has 4 heteroatoms. The quantitative estimate of drug-likeness (QED) is 0.782. The number of amides is 1. The molecule has 0 unspecified atom stereocenters. The minimum absolute atomic E-state index is 0.0293. The summed E-state index contributed by atoms with van der Waals surface area (Å²) in [6, 6.07) is 12.0. The summed E-state index contributed by atoms with van der Waals surface area (Å²) in [5, 5.41) is 4.11. The van der Waals surface area contributed by atoms with Crippen molar-refractivity contribution in [2.75, 3.05) is 12.4 Å². The van der Waals surface area contributed by atoms with Gasteiger partial charge in [0.15, 0.2) is 0 Å². The summed E-state index contributed by atoms with van der Waals surface area (Å²) in [5.41, 5.74) is 5.30. The Bertz CT molecular complexity index is 886. The predicted molar refractivity (Wildman–Crippen MR) is 97.8 cm³/mol. The maximum atomic E-state index is 12.5. The molecule has 1 N–H and O–H groups in total. The summed E-state index contributed by atoms with van der Waals surface area (Å²) in [6.45, 7) is 6.38. The van der Waals surface area contributed by atoms with Gasteiger partial charge >= 0.3 is 0 Å². The Kier molecular flexibility index (Phi) is 4.30. The number of anilines is 1. The minimum Gasteiger partial charge on any atom is -0.497 e. The van der Waals surface area contributed by atoms with Gasteiger partial charge in [0.05, 0.1) is 7.11 Å². The molecule has 2 aromatic carbocycles. The summed E-state index contributed by atoms with van der Waals surface area (Å²) in [7, 11) is 1.65. The number of methoxy groups -OCH3 is 1. The van der Waals surface area contributed by atoms with Crippen LogP contribution in [0.1, 0.15) is 16.7 Å². The first kappa shape index (κ1) is 16.1. The summed E-state index contributed by atoms with van der Waals surface area (Å²) in [5.74, 6) is 0.786. The highest BCUT2D eigenvalue weighted by atomic mass is 16.5. The Balaban J connectivity index is 1.81. The van der Waals surface area contributed by atoms with Gasteiger partial charge in [-0.15, -0.1) is 0 Å². The van der Waals surface area contributed by atoms with Crippen LogP contribution in [0.2, 0.25) is 0 Å². The molecule has 24 heavy (non-hydrogen) atoms. The standard InChI is InChI=1S/C20H22N2O2/c1-13-9-14(2)20(15(3)10-13)21-19(23)12-22-8-7-16-11-17(24-4)5-6-18(16)22/h5-11H,12H2,1-4H3,(H,21,23). The Morgan fingerprint density at radius 2 is 1.79 bits per heavy atom. The number of ether oxygens (including phenoxy) is 1. The smallest absolute Gasteiger partial charge is 0.244 e. The van der Waals surface area contributed by atoms with Gasteiger partial charge in [-0.05, 0) is 56.2 Å². The molecule has 0 atom stereocenters. The SMILES string of the molecule is COc1ccc2c(ccn2CC(=O)Nc2c(C)cc(C)cc2C)c1. The first-order valence-electron chi connectivity index (χ1n) is 7.98. The van der Waals surface area contributed by atoms with E-state index in [1.807, 2.05) is 48.9 Å². The van der Waals surface area contributed by atoms with Crippen LogP contribution < -0.4 is 10.1 Å². The Labute approximate surface area is 142 Å². The number of rotatable bonds is 4. The molecule has 1 amide bonds. The fraction of sp³-hybridized carbons (Fsp3) is 0.250. The number of benzene rings is 2. The third-order valence-corrected chi connectivity index (χ3v) is 4.23. The van der Waals surface area contributed by atoms with Gasteiger partial charge in [-0.1, -0.05) is 17.7 Å². The van der Waals surface area contributed by atoms with E-state index >= 15 is 0 Å². The van der Waals surface area contributed by atoms with Gasteiger partial charge < -0.3 is 14.6 Å². The highest BCUT2D eigenvalue weighted by Gasteiger charge is 2.10. The molecular weight excluding hydrogens is 300 g/mol. The van der Waals surface area contributed by atoms with E-state index in [2.05, 4.69) is 24.4 Å². The second-order valence-electron chi connectivity index (χ2n) is 6.19. The van der Waals surface area contributed by atoms with Crippen molar-refractivity contribution in [2.24, 2.45) is 0 Å². The van der Waals surface area contributed by atoms with Gasteiger partial charge in [-0.2, -0.15) is 0 Å². The van der Waals surface area contributed by atoms with Crippen molar-refractivity contribution in [3.63, 3.8) is 0 Å². The molecule has 0 aliphatic heterocycles. The summed E-state index contributed by atoms with van der Waals surface area (Å²) < 4.78 is 7.19. The van der Waals surface area contributed by atoms with E-state index in [9.17, 15) is 4.79 Å². The number of aromatic nitrogens is 1. The zero-order valence-corrected chi connectivity index (χ0v) is 14.5. The first-order chi connectivity index (χ1) is 11.5. The maximum Gasteiger partial charge on any atom is 0.244 e. The van der Waals surface area contributed by atoms with Crippen LogP contribution in [0.4, 0.5) is 5.69 Å². The third-order valence-electron chi connectivity index (χ3n) is 4.23. The molecule has 0 fully saturated rings. The van der Waals surface area contributed by atoms with Gasteiger partial charge in [-0.25, -0.2) is 0 Å². The number of carbonyl (C=O) groups is 1. The number of hydrogen-bond donors (Lipinski definition) is 1. The molecule has 1 heterocycles. The van der Waals surface area contributed by atoms with Gasteiger partial charge in [-0.3, -0.25) is 4.79 Å². The van der Waals surface area contributed by atoms with Crippen molar-refractivity contribution in [3.8, 4) is 5.75 Å². The number of aryl methyl sites for hydroxylation is 3. The van der Waals surface area contributed by atoms with Crippen molar-refractivity contribution in [2.45, 2.75) is 27.3 Å². The number of nitrogens with zero attached hydrogens (tertiary/aromatic N) is 1. The molecule has 0 saturated carbocycles. The number of carbonyl (C=O) groups excluding carboxylic acids is 1. The topological polar surface area (TPSA) is 43.3 Å². The fourth-order valence-corrected chi connectivity index (χ4v) is 3.15. The van der Waals surface area contributed by atoms with Crippen LogP contribution >= 0.6 is 0 Å². The fourth-order valence-electron chi connectivity index (χ4n) is 3.15. The minimum atomic E-state index is -0.0293. The highest BCUT2D eigenvalue weighted by molar-refractivity contribution is 5.93. The molecule has 0 aliphatic rings. The van der Waals surface area contributed by atoms with Crippen molar-refractivity contribution in [1.82, 2.24) is 4.57 Å². The van der Waals surface area contributed by atoms with E-state index in [4.69, 9.17) is 4.74 Å². The highest BCUT2D eigenvalue weighted by Crippen LogP contribution is 2.23. The molecule has 0 spiro atoms. The van der Waals surface area contributed by atoms with Gasteiger partial charge in [0, 0.05) is 22.8 Å². The number of hydrogen-bond acceptors (Lipinski definition) is 2. The molecule has 3 aromatic rings. The van der Waals surface area contributed by atoms with Gasteiger partial charge in [0.1, 0.15) is 12.3 Å². The summed E-state index contributed by atoms with van der Waals surface area (Å²) in [6.07, 6.45) is 1.93. The first-order valence-corrected chi connectivity index (χ1v) is 7.98.